The molecule has 57 heavy (non-hydrogen) atoms. The van der Waals surface area contributed by atoms with E-state index in [0.717, 1.165) is 11.1 Å². The van der Waals surface area contributed by atoms with Crippen molar-refractivity contribution in [2.45, 2.75) is 158 Å². The summed E-state index contributed by atoms with van der Waals surface area (Å²) in [5, 5.41) is 130. The lowest BCUT2D eigenvalue weighted by molar-refractivity contribution is -0.358. The molecular formula is C41H62O16. The molecule has 2 saturated carbocycles. The van der Waals surface area contributed by atoms with Crippen molar-refractivity contribution in [3.05, 3.63) is 41.0 Å². The largest absolute Gasteiger partial charge is 0.504 e. The van der Waals surface area contributed by atoms with E-state index < -0.39 is 120 Å². The third-order valence-corrected chi connectivity index (χ3v) is 14.3. The van der Waals surface area contributed by atoms with Crippen molar-refractivity contribution in [2.24, 2.45) is 22.7 Å². The van der Waals surface area contributed by atoms with Crippen LogP contribution in [0.3, 0.4) is 0 Å². The summed E-state index contributed by atoms with van der Waals surface area (Å²) >= 11 is 0. The Morgan fingerprint density at radius 3 is 2.05 bits per heavy atom. The first-order valence-corrected chi connectivity index (χ1v) is 19.7. The molecule has 3 aliphatic carbocycles. The van der Waals surface area contributed by atoms with Gasteiger partial charge in [0.25, 0.3) is 0 Å². The standard InChI is InChI=1S/C41H62O16/c1-18-19-8-9-25-38(4,12-13-39(5)34(21(44)15-40(25,39)6)41(7,53)26(45)10-11-37(2,3)52)20(19)14-22(27(18)46)54-36-33(31(50)29(48)24(17-43)56-36)57-35-32(51)30(49)28(47)23(16-42)55-35/h8-11,14,21,23-26,28-36,42-53H,12-13,15-17H2,1-7H3/t21-,23-,24-,25-,26+,28-,29-,30+,31+,32-,33-,34+,35+,36-,38+,39-,40+,41+/m1/s1. The van der Waals surface area contributed by atoms with Crippen LogP contribution in [0.4, 0.5) is 0 Å². The molecular weight excluding hydrogens is 748 g/mol. The van der Waals surface area contributed by atoms with Crippen LogP contribution in [-0.4, -0.2) is 159 Å². The summed E-state index contributed by atoms with van der Waals surface area (Å²) in [7, 11) is 0. The molecule has 0 amide bonds. The lowest BCUT2D eigenvalue weighted by atomic mass is 9.42. The van der Waals surface area contributed by atoms with Crippen LogP contribution in [-0.2, 0) is 19.6 Å². The topological polar surface area (TPSA) is 280 Å². The van der Waals surface area contributed by atoms with Gasteiger partial charge in [-0.2, -0.15) is 0 Å². The number of aliphatic hydroxyl groups is 11. The summed E-state index contributed by atoms with van der Waals surface area (Å²) in [4.78, 5) is 0. The number of aromatic hydroxyl groups is 1. The van der Waals surface area contributed by atoms with Crippen LogP contribution in [0.15, 0.2) is 24.3 Å². The third kappa shape index (κ3) is 7.16. The van der Waals surface area contributed by atoms with E-state index in [1.807, 2.05) is 13.0 Å². The average molecular weight is 811 g/mol. The van der Waals surface area contributed by atoms with Crippen molar-refractivity contribution < 1.29 is 80.2 Å². The smallest absolute Gasteiger partial charge is 0.229 e. The normalized spacial score (nSPS) is 44.9. The fourth-order valence-electron chi connectivity index (χ4n) is 10.9. The van der Waals surface area contributed by atoms with Crippen molar-refractivity contribution in [3.63, 3.8) is 0 Å². The maximum atomic E-state index is 12.0. The van der Waals surface area contributed by atoms with E-state index >= 15 is 0 Å². The van der Waals surface area contributed by atoms with Crippen LogP contribution in [0.1, 0.15) is 77.5 Å². The second-order valence-corrected chi connectivity index (χ2v) is 18.5. The molecule has 1 aromatic rings. The first kappa shape index (κ1) is 44.3. The van der Waals surface area contributed by atoms with Gasteiger partial charge >= 0.3 is 0 Å². The van der Waals surface area contributed by atoms with Crippen molar-refractivity contribution >= 4 is 6.08 Å². The van der Waals surface area contributed by atoms with E-state index in [1.165, 1.54) is 19.1 Å². The van der Waals surface area contributed by atoms with Gasteiger partial charge in [0.1, 0.15) is 48.8 Å². The fourth-order valence-corrected chi connectivity index (χ4v) is 10.9. The van der Waals surface area contributed by atoms with Gasteiger partial charge in [-0.15, -0.1) is 0 Å². The summed E-state index contributed by atoms with van der Waals surface area (Å²) in [6, 6.07) is 1.66. The quantitative estimate of drug-likeness (QED) is 0.129. The van der Waals surface area contributed by atoms with Gasteiger partial charge < -0.3 is 80.2 Å². The Morgan fingerprint density at radius 1 is 0.860 bits per heavy atom. The Morgan fingerprint density at radius 2 is 1.46 bits per heavy atom. The van der Waals surface area contributed by atoms with Crippen molar-refractivity contribution in [3.8, 4) is 11.5 Å². The zero-order chi connectivity index (χ0) is 42.4. The number of phenolic OH excluding ortho intramolecular Hbond substituents is 1. The SMILES string of the molecule is Cc1c(O)c(O[C@@H]2O[C@H](CO)[C@@H](O)[C@H](O)[C@H]2O[C@@H]2O[C@H](CO)[C@@H](O)[C@H](O)[C@H]2O)cc2c1C=C[C@@H]1[C@@]2(C)CC[C@]2(C)[C@@H]([C@@](C)(O)[C@@H](O)C=CC(C)(C)O)[C@H](O)C[C@@]12C. The lowest BCUT2D eigenvalue weighted by Crippen LogP contribution is -2.65. The molecule has 12 N–H and O–H groups in total. The van der Waals surface area contributed by atoms with E-state index in [-0.39, 0.29) is 17.4 Å². The Kier molecular flexibility index (Phi) is 11.9. The average Bonchev–Trinajstić information content (AvgIpc) is 3.36. The van der Waals surface area contributed by atoms with Crippen LogP contribution in [0.5, 0.6) is 11.5 Å². The van der Waals surface area contributed by atoms with Gasteiger partial charge in [0.05, 0.1) is 30.5 Å². The highest BCUT2D eigenvalue weighted by Crippen LogP contribution is 2.72. The van der Waals surface area contributed by atoms with E-state index in [1.54, 1.807) is 26.8 Å². The molecule has 16 nitrogen and oxygen atoms in total. The Bertz CT molecular complexity index is 1690. The van der Waals surface area contributed by atoms with Crippen molar-refractivity contribution in [1.82, 2.24) is 0 Å². The van der Waals surface area contributed by atoms with Gasteiger partial charge in [0.15, 0.2) is 23.9 Å². The summed E-state index contributed by atoms with van der Waals surface area (Å²) in [5.41, 5.74) is -2.94. The minimum atomic E-state index is -1.87. The highest BCUT2D eigenvalue weighted by molar-refractivity contribution is 5.70. The van der Waals surface area contributed by atoms with Crippen LogP contribution < -0.4 is 4.74 Å². The van der Waals surface area contributed by atoms with E-state index in [0.29, 0.717) is 24.8 Å². The van der Waals surface area contributed by atoms with Gasteiger partial charge in [0.2, 0.25) is 6.29 Å². The lowest BCUT2D eigenvalue weighted by Gasteiger charge is -2.61. The Balaban J connectivity index is 1.34. The zero-order valence-electron chi connectivity index (χ0n) is 33.5. The van der Waals surface area contributed by atoms with E-state index in [4.69, 9.17) is 18.9 Å². The third-order valence-electron chi connectivity index (χ3n) is 14.3. The zero-order valence-corrected chi connectivity index (χ0v) is 33.5. The van der Waals surface area contributed by atoms with Gasteiger partial charge in [0, 0.05) is 16.9 Å². The molecule has 322 valence electrons. The summed E-state index contributed by atoms with van der Waals surface area (Å²) in [6.07, 6.45) is -10.9. The number of allylic oxidation sites excluding steroid dienone is 1. The van der Waals surface area contributed by atoms with Gasteiger partial charge in [-0.25, -0.2) is 0 Å². The molecule has 18 atom stereocenters. The van der Waals surface area contributed by atoms with Crippen LogP contribution >= 0.6 is 0 Å². The summed E-state index contributed by atoms with van der Waals surface area (Å²) in [6.45, 7) is 11.1. The summed E-state index contributed by atoms with van der Waals surface area (Å²) in [5.74, 6) is -1.34. The molecule has 0 radical (unpaired) electrons. The number of rotatable bonds is 10. The monoisotopic (exact) mass is 810 g/mol. The predicted octanol–water partition coefficient (Wildman–Crippen LogP) is -0.770. The number of hydrogen-bond acceptors (Lipinski definition) is 16. The second kappa shape index (κ2) is 15.3. The number of phenols is 1. The number of fused-ring (bicyclic) bond motifs is 5. The van der Waals surface area contributed by atoms with Crippen molar-refractivity contribution in [2.75, 3.05) is 13.2 Å². The van der Waals surface area contributed by atoms with E-state index in [2.05, 4.69) is 19.9 Å². The van der Waals surface area contributed by atoms with Crippen LogP contribution in [0, 0.1) is 29.6 Å². The molecule has 0 spiro atoms. The maximum Gasteiger partial charge on any atom is 0.229 e. The van der Waals surface area contributed by atoms with Gasteiger partial charge in [-0.05, 0) is 80.9 Å². The number of ether oxygens (including phenoxy) is 4. The summed E-state index contributed by atoms with van der Waals surface area (Å²) < 4.78 is 23.4. The minimum Gasteiger partial charge on any atom is -0.504 e. The van der Waals surface area contributed by atoms with Gasteiger partial charge in [-0.1, -0.05) is 45.1 Å². The van der Waals surface area contributed by atoms with Crippen LogP contribution in [0.25, 0.3) is 6.08 Å². The molecule has 4 fully saturated rings. The number of hydrogen-bond donors (Lipinski definition) is 12. The Hall–Kier alpha value is -2.26. The predicted molar refractivity (Wildman–Crippen MR) is 201 cm³/mol. The molecule has 0 aromatic heterocycles. The van der Waals surface area contributed by atoms with Gasteiger partial charge in [-0.3, -0.25) is 0 Å². The van der Waals surface area contributed by atoms with E-state index in [9.17, 15) is 61.3 Å². The molecule has 2 saturated heterocycles. The van der Waals surface area contributed by atoms with Crippen molar-refractivity contribution in [1.29, 1.82) is 0 Å². The second-order valence-electron chi connectivity index (χ2n) is 18.5. The highest BCUT2D eigenvalue weighted by Gasteiger charge is 2.70. The minimum absolute atomic E-state index is 0.0957. The number of aliphatic hydroxyl groups excluding tert-OH is 9. The molecule has 5 aliphatic rings. The molecule has 1 aromatic carbocycles. The molecule has 0 unspecified atom stereocenters. The molecule has 6 rings (SSSR count). The fraction of sp³-hybridized carbons (Fsp3) is 0.756. The Labute approximate surface area is 332 Å². The molecule has 0 bridgehead atoms. The highest BCUT2D eigenvalue weighted by atomic mass is 16.8. The first-order valence-electron chi connectivity index (χ1n) is 19.7. The van der Waals surface area contributed by atoms with Crippen LogP contribution in [0.2, 0.25) is 0 Å². The molecule has 2 aliphatic heterocycles. The maximum absolute atomic E-state index is 12.0. The number of benzene rings is 1. The molecule has 2 heterocycles. The first-order chi connectivity index (χ1) is 26.4. The molecule has 16 heteroatoms.